The fraction of sp³-hybridized carbons (Fsp3) is 0.333. The topological polar surface area (TPSA) is 184 Å². The first kappa shape index (κ1) is 27.2. The van der Waals surface area contributed by atoms with Crippen molar-refractivity contribution in [1.82, 2.24) is 9.97 Å². The number of nitrogens with zero attached hydrogens (tertiary/aromatic N) is 4. The zero-order valence-electron chi connectivity index (χ0n) is 19.6. The number of carbonyl (C=O) groups is 2. The molecule has 0 spiro atoms. The van der Waals surface area contributed by atoms with Crippen LogP contribution in [0.4, 0.5) is 0 Å². The second kappa shape index (κ2) is 13.6. The lowest BCUT2D eigenvalue weighted by Gasteiger charge is -2.12. The number of aliphatic imine (C=N–C) groups is 2. The Kier molecular flexibility index (Phi) is 10.3. The standard InChI is InChI=1S/C24H28N8O2S2/c25-19(35-23(27)31-20(33)13-17-5-1-3-9-29-17)12-15-7-8-16(11-15)22(26)36-24(28)32-21(34)14-18-6-2-4-10-30-18/h1-6,9-10,15-16,25-26H,7-8,11-14H2,(H2,27,31,33)(H2,28,32,34)/t15-,16+/m1/s1. The number of rotatable bonds is 7. The summed E-state index contributed by atoms with van der Waals surface area (Å²) in [6.45, 7) is 0. The molecule has 188 valence electrons. The van der Waals surface area contributed by atoms with Crippen molar-refractivity contribution in [3.8, 4) is 0 Å². The van der Waals surface area contributed by atoms with E-state index >= 15 is 0 Å². The molecule has 12 heteroatoms. The van der Waals surface area contributed by atoms with Crippen molar-refractivity contribution >= 4 is 55.8 Å². The lowest BCUT2D eigenvalue weighted by Crippen LogP contribution is -2.17. The summed E-state index contributed by atoms with van der Waals surface area (Å²) in [7, 11) is 0. The molecule has 0 aliphatic heterocycles. The van der Waals surface area contributed by atoms with E-state index in [0.717, 1.165) is 42.8 Å². The maximum Gasteiger partial charge on any atom is 0.254 e. The van der Waals surface area contributed by atoms with Crippen molar-refractivity contribution in [3.05, 3.63) is 60.2 Å². The SMILES string of the molecule is N=C(C[C@@H]1CC[C@H](C(=N)SC(N)=NC(=O)Cc2ccccn2)C1)SC(N)=NC(=O)Cc1ccccn1. The normalized spacial score (nSPS) is 18.1. The molecule has 36 heavy (non-hydrogen) atoms. The van der Waals surface area contributed by atoms with Crippen LogP contribution in [0.5, 0.6) is 0 Å². The van der Waals surface area contributed by atoms with Gasteiger partial charge in [0.05, 0.1) is 22.9 Å². The second-order valence-electron chi connectivity index (χ2n) is 8.25. The van der Waals surface area contributed by atoms with E-state index < -0.39 is 11.8 Å². The zero-order valence-corrected chi connectivity index (χ0v) is 21.2. The van der Waals surface area contributed by atoms with Crippen LogP contribution in [0.25, 0.3) is 0 Å². The molecule has 2 aromatic rings. The first-order chi connectivity index (χ1) is 17.3. The van der Waals surface area contributed by atoms with Crippen LogP contribution in [0.15, 0.2) is 58.8 Å². The van der Waals surface area contributed by atoms with E-state index in [1.165, 1.54) is 0 Å². The van der Waals surface area contributed by atoms with Gasteiger partial charge in [0, 0.05) is 29.7 Å². The number of hydrogen-bond donors (Lipinski definition) is 4. The van der Waals surface area contributed by atoms with Gasteiger partial charge in [0.2, 0.25) is 0 Å². The summed E-state index contributed by atoms with van der Waals surface area (Å²) in [6.07, 6.45) is 6.23. The first-order valence-electron chi connectivity index (χ1n) is 11.3. The van der Waals surface area contributed by atoms with Gasteiger partial charge in [-0.05, 0) is 79.4 Å². The number of hydrogen-bond acceptors (Lipinski definition) is 8. The number of thioether (sulfide) groups is 2. The minimum Gasteiger partial charge on any atom is -0.378 e. The Morgan fingerprint density at radius 2 is 1.44 bits per heavy atom. The van der Waals surface area contributed by atoms with Gasteiger partial charge in [-0.2, -0.15) is 9.98 Å². The minimum atomic E-state index is -0.407. The smallest absolute Gasteiger partial charge is 0.254 e. The summed E-state index contributed by atoms with van der Waals surface area (Å²) in [6, 6.07) is 10.6. The predicted molar refractivity (Wildman–Crippen MR) is 145 cm³/mol. The number of amides is 2. The number of pyridine rings is 2. The Labute approximate surface area is 217 Å². The number of amidine groups is 2. The lowest BCUT2D eigenvalue weighted by molar-refractivity contribution is -0.118. The van der Waals surface area contributed by atoms with Crippen molar-refractivity contribution in [2.45, 2.75) is 38.5 Å². The summed E-state index contributed by atoms with van der Waals surface area (Å²) in [5.74, 6) is -0.588. The molecule has 1 saturated carbocycles. The van der Waals surface area contributed by atoms with Crippen LogP contribution >= 0.6 is 23.5 Å². The van der Waals surface area contributed by atoms with Gasteiger partial charge in [0.15, 0.2) is 10.3 Å². The first-order valence-corrected chi connectivity index (χ1v) is 13.0. The van der Waals surface area contributed by atoms with E-state index in [1.54, 1.807) is 48.8 Å². The molecule has 3 rings (SSSR count). The maximum absolute atomic E-state index is 12.1. The third kappa shape index (κ3) is 9.34. The van der Waals surface area contributed by atoms with E-state index in [0.29, 0.717) is 27.9 Å². The van der Waals surface area contributed by atoms with Crippen LogP contribution in [0.3, 0.4) is 0 Å². The van der Waals surface area contributed by atoms with E-state index in [2.05, 4.69) is 20.0 Å². The number of carbonyl (C=O) groups excluding carboxylic acids is 2. The van der Waals surface area contributed by atoms with Gasteiger partial charge in [-0.25, -0.2) is 0 Å². The Balaban J connectivity index is 1.40. The average molecular weight is 525 g/mol. The van der Waals surface area contributed by atoms with Gasteiger partial charge < -0.3 is 11.5 Å². The van der Waals surface area contributed by atoms with Crippen LogP contribution in [0.2, 0.25) is 0 Å². The number of aromatic nitrogens is 2. The molecular weight excluding hydrogens is 496 g/mol. The van der Waals surface area contributed by atoms with Crippen LogP contribution in [-0.2, 0) is 22.4 Å². The Hall–Kier alpha value is -3.38. The molecule has 1 aliphatic carbocycles. The molecule has 0 radical (unpaired) electrons. The summed E-state index contributed by atoms with van der Waals surface area (Å²) in [5, 5.41) is 17.4. The van der Waals surface area contributed by atoms with Crippen molar-refractivity contribution in [2.24, 2.45) is 33.3 Å². The van der Waals surface area contributed by atoms with E-state index in [9.17, 15) is 9.59 Å². The van der Waals surface area contributed by atoms with Crippen LogP contribution < -0.4 is 11.5 Å². The molecule has 1 fully saturated rings. The Bertz CT molecular complexity index is 1160. The molecule has 0 unspecified atom stereocenters. The van der Waals surface area contributed by atoms with Crippen molar-refractivity contribution in [3.63, 3.8) is 0 Å². The fourth-order valence-electron chi connectivity index (χ4n) is 3.81. The molecule has 2 amide bonds. The van der Waals surface area contributed by atoms with Gasteiger partial charge in [-0.3, -0.25) is 30.4 Å². The van der Waals surface area contributed by atoms with Gasteiger partial charge in [0.1, 0.15) is 0 Å². The molecule has 10 nitrogen and oxygen atoms in total. The Morgan fingerprint density at radius 3 is 1.97 bits per heavy atom. The molecule has 0 aromatic carbocycles. The minimum absolute atomic E-state index is 0.00315. The lowest BCUT2D eigenvalue weighted by atomic mass is 10.0. The summed E-state index contributed by atoms with van der Waals surface area (Å²) in [5.41, 5.74) is 13.0. The van der Waals surface area contributed by atoms with Gasteiger partial charge in [-0.1, -0.05) is 12.1 Å². The zero-order chi connectivity index (χ0) is 25.9. The monoisotopic (exact) mass is 524 g/mol. The van der Waals surface area contributed by atoms with Crippen LogP contribution in [0, 0.1) is 22.7 Å². The van der Waals surface area contributed by atoms with Crippen molar-refractivity contribution < 1.29 is 9.59 Å². The number of nitrogens with two attached hydrogens (primary N) is 2. The third-order valence-corrected chi connectivity index (χ3v) is 6.98. The van der Waals surface area contributed by atoms with Crippen molar-refractivity contribution in [1.29, 1.82) is 10.8 Å². The van der Waals surface area contributed by atoms with E-state index in [1.807, 2.05) is 0 Å². The average Bonchev–Trinajstić information content (AvgIpc) is 3.28. The quantitative estimate of drug-likeness (QED) is 0.314. The highest BCUT2D eigenvalue weighted by atomic mass is 32.2. The molecule has 0 saturated heterocycles. The molecule has 2 aromatic heterocycles. The summed E-state index contributed by atoms with van der Waals surface area (Å²) >= 11 is 1.99. The third-order valence-electron chi connectivity index (χ3n) is 5.42. The van der Waals surface area contributed by atoms with Gasteiger partial charge in [-0.15, -0.1) is 0 Å². The van der Waals surface area contributed by atoms with E-state index in [-0.39, 0.29) is 35.0 Å². The van der Waals surface area contributed by atoms with E-state index in [4.69, 9.17) is 22.3 Å². The van der Waals surface area contributed by atoms with Gasteiger partial charge >= 0.3 is 0 Å². The van der Waals surface area contributed by atoms with Crippen LogP contribution in [0.1, 0.15) is 37.1 Å². The highest BCUT2D eigenvalue weighted by Gasteiger charge is 2.29. The Morgan fingerprint density at radius 1 is 0.889 bits per heavy atom. The fourth-order valence-corrected chi connectivity index (χ4v) is 5.28. The summed E-state index contributed by atoms with van der Waals surface area (Å²) < 4.78 is 0. The second-order valence-corrected chi connectivity index (χ2v) is 10.4. The number of nitrogens with one attached hydrogen (secondary N) is 2. The highest BCUT2D eigenvalue weighted by molar-refractivity contribution is 8.26. The van der Waals surface area contributed by atoms with Crippen molar-refractivity contribution in [2.75, 3.05) is 0 Å². The molecular formula is C24H28N8O2S2. The predicted octanol–water partition coefficient (Wildman–Crippen LogP) is 3.17. The van der Waals surface area contributed by atoms with Crippen LogP contribution in [-0.4, -0.2) is 42.2 Å². The largest absolute Gasteiger partial charge is 0.378 e. The summed E-state index contributed by atoms with van der Waals surface area (Å²) in [4.78, 5) is 40.1. The molecule has 1 aliphatic rings. The molecule has 2 atom stereocenters. The molecule has 2 heterocycles. The highest BCUT2D eigenvalue weighted by Crippen LogP contribution is 2.37. The van der Waals surface area contributed by atoms with Gasteiger partial charge in [0.25, 0.3) is 11.8 Å². The maximum atomic E-state index is 12.1. The molecule has 0 bridgehead atoms. The molecule has 6 N–H and O–H groups in total.